The van der Waals surface area contributed by atoms with Gasteiger partial charge in [-0.1, -0.05) is 44.2 Å². The van der Waals surface area contributed by atoms with Crippen LogP contribution in [-0.2, 0) is 20.7 Å². The Hall–Kier alpha value is -3.29. The van der Waals surface area contributed by atoms with Crippen molar-refractivity contribution in [3.05, 3.63) is 65.7 Å². The van der Waals surface area contributed by atoms with Crippen LogP contribution in [0.5, 0.6) is 5.75 Å². The van der Waals surface area contributed by atoms with E-state index in [4.69, 9.17) is 4.74 Å². The lowest BCUT2D eigenvalue weighted by molar-refractivity contribution is -0.148. The maximum absolute atomic E-state index is 12.4. The molecule has 0 spiro atoms. The lowest BCUT2D eigenvalue weighted by Crippen LogP contribution is -2.46. The van der Waals surface area contributed by atoms with Gasteiger partial charge in [0.15, 0.2) is 12.4 Å². The minimum Gasteiger partial charge on any atom is -0.456 e. The largest absolute Gasteiger partial charge is 0.456 e. The Morgan fingerprint density at radius 3 is 2.17 bits per heavy atom. The molecular formula is C22H23F2NO5. The molecule has 1 N–H and O–H groups in total. The van der Waals surface area contributed by atoms with E-state index in [0.29, 0.717) is 0 Å². The van der Waals surface area contributed by atoms with Gasteiger partial charge in [-0.15, -0.1) is 0 Å². The van der Waals surface area contributed by atoms with E-state index in [1.807, 2.05) is 18.2 Å². The van der Waals surface area contributed by atoms with Crippen LogP contribution in [0.4, 0.5) is 8.78 Å². The van der Waals surface area contributed by atoms with Gasteiger partial charge >= 0.3 is 12.6 Å². The molecule has 1 atom stereocenters. The van der Waals surface area contributed by atoms with Crippen molar-refractivity contribution >= 4 is 17.7 Å². The van der Waals surface area contributed by atoms with Gasteiger partial charge in [-0.05, 0) is 35.7 Å². The second-order valence-corrected chi connectivity index (χ2v) is 6.89. The fourth-order valence-corrected chi connectivity index (χ4v) is 2.64. The first-order valence-electron chi connectivity index (χ1n) is 9.34. The number of carbonyl (C=O) groups excluding carboxylic acids is 3. The minimum absolute atomic E-state index is 0.0838. The monoisotopic (exact) mass is 419 g/mol. The Kier molecular flexibility index (Phi) is 8.46. The van der Waals surface area contributed by atoms with Crippen molar-refractivity contribution in [2.75, 3.05) is 6.61 Å². The summed E-state index contributed by atoms with van der Waals surface area (Å²) in [6.45, 7) is -0.0000436. The number of nitrogens with one attached hydrogen (secondary N) is 1. The molecule has 2 rings (SSSR count). The lowest BCUT2D eigenvalue weighted by atomic mass is 10.0. The van der Waals surface area contributed by atoms with Gasteiger partial charge in [-0.3, -0.25) is 9.59 Å². The van der Waals surface area contributed by atoms with Crippen LogP contribution in [0.3, 0.4) is 0 Å². The molecule has 1 amide bonds. The first-order valence-corrected chi connectivity index (χ1v) is 9.34. The van der Waals surface area contributed by atoms with E-state index in [1.54, 1.807) is 26.0 Å². The molecular weight excluding hydrogens is 396 g/mol. The van der Waals surface area contributed by atoms with Gasteiger partial charge in [0.2, 0.25) is 5.91 Å². The number of ether oxygens (including phenoxy) is 2. The summed E-state index contributed by atoms with van der Waals surface area (Å²) in [5, 5.41) is 2.64. The lowest BCUT2D eigenvalue weighted by Gasteiger charge is -2.20. The van der Waals surface area contributed by atoms with Gasteiger partial charge < -0.3 is 14.8 Å². The quantitative estimate of drug-likeness (QED) is 0.472. The van der Waals surface area contributed by atoms with Crippen LogP contribution >= 0.6 is 0 Å². The van der Waals surface area contributed by atoms with E-state index in [2.05, 4.69) is 10.1 Å². The third kappa shape index (κ3) is 7.27. The second-order valence-electron chi connectivity index (χ2n) is 6.89. The van der Waals surface area contributed by atoms with Gasteiger partial charge in [-0.25, -0.2) is 4.79 Å². The summed E-state index contributed by atoms with van der Waals surface area (Å²) in [6.07, 6.45) is 0.114. The number of carbonyl (C=O) groups is 3. The van der Waals surface area contributed by atoms with Crippen molar-refractivity contribution in [1.82, 2.24) is 5.32 Å². The van der Waals surface area contributed by atoms with Gasteiger partial charge in [0.05, 0.1) is 6.42 Å². The Balaban J connectivity index is 1.89. The Morgan fingerprint density at radius 1 is 0.967 bits per heavy atom. The zero-order valence-corrected chi connectivity index (χ0v) is 16.6. The molecule has 2 aromatic rings. The van der Waals surface area contributed by atoms with Crippen LogP contribution in [0.25, 0.3) is 0 Å². The SMILES string of the molecule is CC(C)[C@H](NC(=O)Cc1ccccc1)C(=O)OCC(=O)c1ccc(OC(F)F)cc1. The van der Waals surface area contributed by atoms with Gasteiger partial charge in [0.25, 0.3) is 0 Å². The number of hydrogen-bond acceptors (Lipinski definition) is 5. The molecule has 160 valence electrons. The summed E-state index contributed by atoms with van der Waals surface area (Å²) in [5.41, 5.74) is 0.985. The van der Waals surface area contributed by atoms with E-state index in [1.165, 1.54) is 24.3 Å². The van der Waals surface area contributed by atoms with Crippen molar-refractivity contribution in [2.24, 2.45) is 5.92 Å². The van der Waals surface area contributed by atoms with Crippen LogP contribution in [0.1, 0.15) is 29.8 Å². The van der Waals surface area contributed by atoms with E-state index in [0.717, 1.165) is 5.56 Å². The zero-order valence-electron chi connectivity index (χ0n) is 16.6. The molecule has 8 heteroatoms. The molecule has 0 fully saturated rings. The summed E-state index contributed by atoms with van der Waals surface area (Å²) in [6, 6.07) is 13.2. The highest BCUT2D eigenvalue weighted by Gasteiger charge is 2.26. The molecule has 30 heavy (non-hydrogen) atoms. The van der Waals surface area contributed by atoms with Crippen molar-refractivity contribution in [2.45, 2.75) is 32.9 Å². The maximum atomic E-state index is 12.4. The number of esters is 1. The molecule has 0 aliphatic heterocycles. The molecule has 0 unspecified atom stereocenters. The third-order valence-electron chi connectivity index (χ3n) is 4.19. The topological polar surface area (TPSA) is 81.7 Å². The van der Waals surface area contributed by atoms with Gasteiger partial charge in [-0.2, -0.15) is 8.78 Å². The Labute approximate surface area is 173 Å². The fraction of sp³-hybridized carbons (Fsp3) is 0.318. The fourth-order valence-electron chi connectivity index (χ4n) is 2.64. The number of benzene rings is 2. The summed E-state index contributed by atoms with van der Waals surface area (Å²) >= 11 is 0. The van der Waals surface area contributed by atoms with Crippen molar-refractivity contribution < 1.29 is 32.6 Å². The molecule has 0 saturated carbocycles. The average molecular weight is 419 g/mol. The molecule has 0 aromatic heterocycles. The smallest absolute Gasteiger partial charge is 0.387 e. The number of rotatable bonds is 10. The highest BCUT2D eigenvalue weighted by molar-refractivity contribution is 5.98. The summed E-state index contributed by atoms with van der Waals surface area (Å²) in [4.78, 5) is 36.8. The predicted octanol–water partition coefficient (Wildman–Crippen LogP) is 3.40. The first kappa shape index (κ1) is 23.0. The number of Topliss-reactive ketones (excluding diaryl/α,β-unsaturated/α-hetero) is 1. The van der Waals surface area contributed by atoms with Crippen LogP contribution in [0.15, 0.2) is 54.6 Å². The van der Waals surface area contributed by atoms with E-state index >= 15 is 0 Å². The molecule has 2 aromatic carbocycles. The maximum Gasteiger partial charge on any atom is 0.387 e. The average Bonchev–Trinajstić information content (AvgIpc) is 2.70. The van der Waals surface area contributed by atoms with Gasteiger partial charge in [0.1, 0.15) is 11.8 Å². The molecule has 0 bridgehead atoms. The zero-order chi connectivity index (χ0) is 22.1. The van der Waals surface area contributed by atoms with Crippen LogP contribution in [0, 0.1) is 5.92 Å². The number of halogens is 2. The molecule has 0 saturated heterocycles. The Morgan fingerprint density at radius 2 is 1.60 bits per heavy atom. The predicted molar refractivity (Wildman–Crippen MR) is 105 cm³/mol. The van der Waals surface area contributed by atoms with E-state index < -0.39 is 31.0 Å². The molecule has 6 nitrogen and oxygen atoms in total. The summed E-state index contributed by atoms with van der Waals surface area (Å²) < 4.78 is 33.6. The van der Waals surface area contributed by atoms with Crippen LogP contribution in [-0.4, -0.2) is 36.9 Å². The normalized spacial score (nSPS) is 11.8. The molecule has 0 aliphatic carbocycles. The number of hydrogen-bond donors (Lipinski definition) is 1. The number of alkyl halides is 2. The summed E-state index contributed by atoms with van der Waals surface area (Å²) in [7, 11) is 0. The number of ketones is 1. The molecule has 0 aliphatic rings. The van der Waals surface area contributed by atoms with Crippen molar-refractivity contribution in [1.29, 1.82) is 0 Å². The highest BCUT2D eigenvalue weighted by atomic mass is 19.3. The molecule has 0 radical (unpaired) electrons. The highest BCUT2D eigenvalue weighted by Crippen LogP contribution is 2.15. The van der Waals surface area contributed by atoms with Crippen LogP contribution < -0.4 is 10.1 Å². The number of amides is 1. The molecule has 0 heterocycles. The van der Waals surface area contributed by atoms with Crippen LogP contribution in [0.2, 0.25) is 0 Å². The summed E-state index contributed by atoms with van der Waals surface area (Å²) in [5.74, 6) is -1.90. The first-order chi connectivity index (χ1) is 14.3. The Bertz CT molecular complexity index is 854. The van der Waals surface area contributed by atoms with Crippen molar-refractivity contribution in [3.8, 4) is 5.75 Å². The van der Waals surface area contributed by atoms with Gasteiger partial charge in [0, 0.05) is 5.56 Å². The van der Waals surface area contributed by atoms with Crippen molar-refractivity contribution in [3.63, 3.8) is 0 Å². The van der Waals surface area contributed by atoms with E-state index in [9.17, 15) is 23.2 Å². The minimum atomic E-state index is -2.96. The second kappa shape index (κ2) is 11.0. The standard InChI is InChI=1S/C22H23F2NO5/c1-14(2)20(25-19(27)12-15-6-4-3-5-7-15)21(28)29-13-18(26)16-8-10-17(11-9-16)30-22(23)24/h3-11,14,20,22H,12-13H2,1-2H3,(H,25,27)/t20-/m0/s1. The third-order valence-corrected chi connectivity index (χ3v) is 4.19. The van der Waals surface area contributed by atoms with E-state index in [-0.39, 0.29) is 29.6 Å².